The molecule has 0 saturated carbocycles. The van der Waals surface area contributed by atoms with Crippen LogP contribution in [-0.4, -0.2) is 23.2 Å². The van der Waals surface area contributed by atoms with Gasteiger partial charge in [0.2, 0.25) is 0 Å². The molecule has 0 spiro atoms. The van der Waals surface area contributed by atoms with Gasteiger partial charge < -0.3 is 10.5 Å². The third-order valence-corrected chi connectivity index (χ3v) is 1.68. The van der Waals surface area contributed by atoms with Crippen LogP contribution in [0.4, 0.5) is 0 Å². The smallest absolute Gasteiger partial charge is 0.0777 e. The molecule has 0 aliphatic heterocycles. The molecule has 4 heteroatoms. The van der Waals surface area contributed by atoms with E-state index in [1.165, 1.54) is 0 Å². The number of aryl methyl sites for hydroxylation is 1. The van der Waals surface area contributed by atoms with E-state index in [9.17, 15) is 0 Å². The molecule has 0 aromatic carbocycles. The summed E-state index contributed by atoms with van der Waals surface area (Å²) in [6.07, 6.45) is 3.40. The van der Waals surface area contributed by atoms with Crippen LogP contribution in [0.3, 0.4) is 0 Å². The maximum atomic E-state index is 5.80. The minimum atomic E-state index is -0.173. The van der Waals surface area contributed by atoms with Crippen LogP contribution in [-0.2, 0) is 4.74 Å². The molecule has 1 unspecified atom stereocenters. The van der Waals surface area contributed by atoms with Crippen molar-refractivity contribution in [2.24, 2.45) is 5.73 Å². The minimum Gasteiger partial charge on any atom is -0.380 e. The summed E-state index contributed by atoms with van der Waals surface area (Å²) in [5, 5.41) is 0. The van der Waals surface area contributed by atoms with Gasteiger partial charge in [0.05, 0.1) is 30.2 Å². The van der Waals surface area contributed by atoms with Crippen molar-refractivity contribution in [1.82, 2.24) is 9.97 Å². The summed E-state index contributed by atoms with van der Waals surface area (Å²) in [5.41, 5.74) is 7.48. The molecule has 4 nitrogen and oxygen atoms in total. The number of nitrogens with zero attached hydrogens (tertiary/aromatic N) is 2. The van der Waals surface area contributed by atoms with E-state index >= 15 is 0 Å². The molecule has 0 saturated heterocycles. The van der Waals surface area contributed by atoms with Crippen molar-refractivity contribution in [1.29, 1.82) is 0 Å². The van der Waals surface area contributed by atoms with Crippen LogP contribution in [0.2, 0.25) is 0 Å². The standard InChI is InChI=1S/C9H15N3O/c1-3-13-6-8(10)9-5-11-7(2)4-12-9/h4-5,8H,3,6,10H2,1-2H3. The Hall–Kier alpha value is -1.00. The Morgan fingerprint density at radius 2 is 2.23 bits per heavy atom. The van der Waals surface area contributed by atoms with Gasteiger partial charge in [0.1, 0.15) is 0 Å². The third-order valence-electron chi connectivity index (χ3n) is 1.68. The van der Waals surface area contributed by atoms with Crippen LogP contribution in [0, 0.1) is 6.92 Å². The Bertz CT molecular complexity index is 248. The molecule has 1 atom stereocenters. The lowest BCUT2D eigenvalue weighted by Gasteiger charge is -2.09. The molecule has 13 heavy (non-hydrogen) atoms. The molecule has 1 aromatic heterocycles. The lowest BCUT2D eigenvalue weighted by Crippen LogP contribution is -2.18. The van der Waals surface area contributed by atoms with Crippen molar-refractivity contribution in [3.8, 4) is 0 Å². The zero-order valence-electron chi connectivity index (χ0n) is 8.03. The number of nitrogens with two attached hydrogens (primary N) is 1. The van der Waals surface area contributed by atoms with Gasteiger partial charge in [-0.2, -0.15) is 0 Å². The molecule has 72 valence electrons. The van der Waals surface area contributed by atoms with Crippen molar-refractivity contribution >= 4 is 0 Å². The SMILES string of the molecule is CCOCC(N)c1cnc(C)cn1. The predicted molar refractivity (Wildman–Crippen MR) is 50.2 cm³/mol. The van der Waals surface area contributed by atoms with E-state index in [0.717, 1.165) is 11.4 Å². The van der Waals surface area contributed by atoms with Gasteiger partial charge in [-0.3, -0.25) is 9.97 Å². The van der Waals surface area contributed by atoms with Crippen molar-refractivity contribution < 1.29 is 4.74 Å². The fourth-order valence-electron chi connectivity index (χ4n) is 0.924. The molecule has 0 bridgehead atoms. The monoisotopic (exact) mass is 181 g/mol. The quantitative estimate of drug-likeness (QED) is 0.747. The first kappa shape index (κ1) is 10.1. The van der Waals surface area contributed by atoms with Crippen LogP contribution >= 0.6 is 0 Å². The second kappa shape index (κ2) is 4.89. The number of ether oxygens (including phenoxy) is 1. The lowest BCUT2D eigenvalue weighted by molar-refractivity contribution is 0.132. The van der Waals surface area contributed by atoms with Crippen LogP contribution in [0.5, 0.6) is 0 Å². The highest BCUT2D eigenvalue weighted by atomic mass is 16.5. The van der Waals surface area contributed by atoms with Crippen LogP contribution in [0.1, 0.15) is 24.4 Å². The van der Waals surface area contributed by atoms with Gasteiger partial charge in [-0.1, -0.05) is 0 Å². The summed E-state index contributed by atoms with van der Waals surface area (Å²) in [4.78, 5) is 8.27. The fraction of sp³-hybridized carbons (Fsp3) is 0.556. The largest absolute Gasteiger partial charge is 0.380 e. The van der Waals surface area contributed by atoms with Gasteiger partial charge in [-0.15, -0.1) is 0 Å². The van der Waals surface area contributed by atoms with Gasteiger partial charge in [-0.05, 0) is 13.8 Å². The van der Waals surface area contributed by atoms with Gasteiger partial charge in [-0.25, -0.2) is 0 Å². The average molecular weight is 181 g/mol. The average Bonchev–Trinajstić information content (AvgIpc) is 2.15. The molecule has 0 fully saturated rings. The summed E-state index contributed by atoms with van der Waals surface area (Å²) in [6, 6.07) is -0.173. The lowest BCUT2D eigenvalue weighted by atomic mass is 10.2. The molecule has 1 aromatic rings. The highest BCUT2D eigenvalue weighted by Crippen LogP contribution is 2.05. The Balaban J connectivity index is 2.55. The van der Waals surface area contributed by atoms with E-state index in [1.54, 1.807) is 12.4 Å². The van der Waals surface area contributed by atoms with Gasteiger partial charge in [0, 0.05) is 12.8 Å². The van der Waals surface area contributed by atoms with E-state index in [0.29, 0.717) is 13.2 Å². The second-order valence-corrected chi connectivity index (χ2v) is 2.85. The van der Waals surface area contributed by atoms with Gasteiger partial charge in [0.25, 0.3) is 0 Å². The summed E-state index contributed by atoms with van der Waals surface area (Å²) >= 11 is 0. The zero-order chi connectivity index (χ0) is 9.68. The molecule has 1 heterocycles. The maximum absolute atomic E-state index is 5.80. The van der Waals surface area contributed by atoms with Crippen molar-refractivity contribution in [3.63, 3.8) is 0 Å². The van der Waals surface area contributed by atoms with Crippen LogP contribution in [0.15, 0.2) is 12.4 Å². The van der Waals surface area contributed by atoms with E-state index in [4.69, 9.17) is 10.5 Å². The molecule has 0 aliphatic rings. The Labute approximate surface area is 78.1 Å². The van der Waals surface area contributed by atoms with E-state index in [-0.39, 0.29) is 6.04 Å². The highest BCUT2D eigenvalue weighted by Gasteiger charge is 2.06. The molecule has 1 rings (SSSR count). The number of hydrogen-bond acceptors (Lipinski definition) is 4. The Morgan fingerprint density at radius 1 is 1.46 bits per heavy atom. The van der Waals surface area contributed by atoms with E-state index in [1.807, 2.05) is 13.8 Å². The van der Waals surface area contributed by atoms with E-state index in [2.05, 4.69) is 9.97 Å². The molecule has 0 amide bonds. The first-order valence-corrected chi connectivity index (χ1v) is 4.36. The van der Waals surface area contributed by atoms with Crippen molar-refractivity contribution in [2.75, 3.05) is 13.2 Å². The summed E-state index contributed by atoms with van der Waals surface area (Å²) in [6.45, 7) is 5.00. The van der Waals surface area contributed by atoms with Gasteiger partial charge in [0.15, 0.2) is 0 Å². The first-order chi connectivity index (χ1) is 6.24. The topological polar surface area (TPSA) is 61.0 Å². The molecular formula is C9H15N3O. The van der Waals surface area contributed by atoms with Crippen LogP contribution in [0.25, 0.3) is 0 Å². The van der Waals surface area contributed by atoms with Crippen LogP contribution < -0.4 is 5.73 Å². The molecule has 0 aliphatic carbocycles. The summed E-state index contributed by atoms with van der Waals surface area (Å²) in [5.74, 6) is 0. The summed E-state index contributed by atoms with van der Waals surface area (Å²) < 4.78 is 5.19. The van der Waals surface area contributed by atoms with E-state index < -0.39 is 0 Å². The fourth-order valence-corrected chi connectivity index (χ4v) is 0.924. The Kier molecular flexibility index (Phi) is 3.79. The maximum Gasteiger partial charge on any atom is 0.0777 e. The molecule has 0 radical (unpaired) electrons. The highest BCUT2D eigenvalue weighted by molar-refractivity contribution is 5.04. The normalized spacial score (nSPS) is 12.8. The first-order valence-electron chi connectivity index (χ1n) is 4.36. The molecule has 2 N–H and O–H groups in total. The number of aromatic nitrogens is 2. The molecular weight excluding hydrogens is 166 g/mol. The Morgan fingerprint density at radius 3 is 2.77 bits per heavy atom. The van der Waals surface area contributed by atoms with Crippen molar-refractivity contribution in [3.05, 3.63) is 23.8 Å². The number of hydrogen-bond donors (Lipinski definition) is 1. The zero-order valence-corrected chi connectivity index (χ0v) is 8.03. The third kappa shape index (κ3) is 3.08. The minimum absolute atomic E-state index is 0.173. The van der Waals surface area contributed by atoms with Crippen molar-refractivity contribution in [2.45, 2.75) is 19.9 Å². The predicted octanol–water partition coefficient (Wildman–Crippen LogP) is 0.821. The summed E-state index contributed by atoms with van der Waals surface area (Å²) in [7, 11) is 0. The second-order valence-electron chi connectivity index (χ2n) is 2.85. The van der Waals surface area contributed by atoms with Gasteiger partial charge >= 0.3 is 0 Å². The number of rotatable bonds is 4.